The zero-order valence-electron chi connectivity index (χ0n) is 17.2. The third-order valence-corrected chi connectivity index (χ3v) is 4.91. The molecule has 9 nitrogen and oxygen atoms in total. The molecule has 33 heavy (non-hydrogen) atoms. The Bertz CT molecular complexity index is 1240. The van der Waals surface area contributed by atoms with Crippen molar-refractivity contribution >= 4 is 18.1 Å². The number of amides is 1. The van der Waals surface area contributed by atoms with Gasteiger partial charge in [-0.2, -0.15) is 5.10 Å². The van der Waals surface area contributed by atoms with Crippen LogP contribution >= 0.6 is 0 Å². The SMILES string of the molecule is O=C(Oc1ccccc1/C=N/NC(=O)C1COc2ccccc2O1)c1ccc2c(c1)OCO2. The van der Waals surface area contributed by atoms with Crippen LogP contribution in [0.4, 0.5) is 0 Å². The van der Waals surface area contributed by atoms with Crippen LogP contribution in [-0.4, -0.2) is 37.6 Å². The predicted octanol–water partition coefficient (Wildman–Crippen LogP) is 2.92. The molecular weight excluding hydrogens is 428 g/mol. The highest BCUT2D eigenvalue weighted by Gasteiger charge is 2.27. The fraction of sp³-hybridized carbons (Fsp3) is 0.125. The molecule has 5 rings (SSSR count). The number of hydrogen-bond donors (Lipinski definition) is 1. The molecule has 0 aromatic heterocycles. The summed E-state index contributed by atoms with van der Waals surface area (Å²) in [6.07, 6.45) is 0.550. The van der Waals surface area contributed by atoms with Gasteiger partial charge in [-0.1, -0.05) is 24.3 Å². The van der Waals surface area contributed by atoms with Gasteiger partial charge in [-0.15, -0.1) is 0 Å². The van der Waals surface area contributed by atoms with Crippen LogP contribution in [0.3, 0.4) is 0 Å². The number of fused-ring (bicyclic) bond motifs is 2. The number of carbonyl (C=O) groups excluding carboxylic acids is 2. The van der Waals surface area contributed by atoms with Crippen molar-refractivity contribution in [3.63, 3.8) is 0 Å². The topological polar surface area (TPSA) is 105 Å². The lowest BCUT2D eigenvalue weighted by atomic mass is 10.2. The normalized spacial score (nSPS) is 15.8. The average Bonchev–Trinajstić information content (AvgIpc) is 3.32. The maximum atomic E-state index is 12.6. The fourth-order valence-corrected chi connectivity index (χ4v) is 3.25. The summed E-state index contributed by atoms with van der Waals surface area (Å²) >= 11 is 0. The van der Waals surface area contributed by atoms with Gasteiger partial charge in [-0.25, -0.2) is 10.2 Å². The number of esters is 1. The summed E-state index contributed by atoms with van der Waals surface area (Å²) in [6, 6.07) is 18.7. The van der Waals surface area contributed by atoms with Crippen molar-refractivity contribution in [3.8, 4) is 28.7 Å². The van der Waals surface area contributed by atoms with Gasteiger partial charge in [-0.3, -0.25) is 4.79 Å². The van der Waals surface area contributed by atoms with Crippen LogP contribution in [0.2, 0.25) is 0 Å². The minimum Gasteiger partial charge on any atom is -0.485 e. The molecular formula is C24H18N2O7. The van der Waals surface area contributed by atoms with Crippen LogP contribution in [0.25, 0.3) is 0 Å². The Kier molecular flexibility index (Phi) is 5.50. The first kappa shape index (κ1) is 20.4. The van der Waals surface area contributed by atoms with E-state index in [0.29, 0.717) is 34.1 Å². The minimum absolute atomic E-state index is 0.0715. The van der Waals surface area contributed by atoms with E-state index in [2.05, 4.69) is 10.5 Å². The van der Waals surface area contributed by atoms with Gasteiger partial charge in [0.15, 0.2) is 23.0 Å². The van der Waals surface area contributed by atoms with Gasteiger partial charge in [0, 0.05) is 5.56 Å². The number of carbonyl (C=O) groups is 2. The highest BCUT2D eigenvalue weighted by atomic mass is 16.7. The first-order valence-corrected chi connectivity index (χ1v) is 10.1. The molecule has 0 saturated heterocycles. The molecule has 1 amide bonds. The van der Waals surface area contributed by atoms with E-state index in [4.69, 9.17) is 23.7 Å². The van der Waals surface area contributed by atoms with Crippen molar-refractivity contribution in [1.82, 2.24) is 5.43 Å². The number of hydrogen-bond acceptors (Lipinski definition) is 8. The summed E-state index contributed by atoms with van der Waals surface area (Å²) in [5.41, 5.74) is 3.24. The van der Waals surface area contributed by atoms with Crippen molar-refractivity contribution in [2.45, 2.75) is 6.10 Å². The Labute approximate surface area is 188 Å². The smallest absolute Gasteiger partial charge is 0.343 e. The number of ether oxygens (including phenoxy) is 5. The maximum absolute atomic E-state index is 12.6. The lowest BCUT2D eigenvalue weighted by Crippen LogP contribution is -2.42. The molecule has 0 saturated carbocycles. The molecule has 2 heterocycles. The Morgan fingerprint density at radius 1 is 0.909 bits per heavy atom. The number of nitrogens with zero attached hydrogens (tertiary/aromatic N) is 1. The summed E-state index contributed by atoms with van der Waals surface area (Å²) in [7, 11) is 0. The fourth-order valence-electron chi connectivity index (χ4n) is 3.25. The molecule has 3 aromatic carbocycles. The second-order valence-electron chi connectivity index (χ2n) is 7.09. The molecule has 1 unspecified atom stereocenters. The Balaban J connectivity index is 1.23. The average molecular weight is 446 g/mol. The first-order chi connectivity index (χ1) is 16.2. The molecule has 2 aliphatic heterocycles. The quantitative estimate of drug-likeness (QED) is 0.278. The van der Waals surface area contributed by atoms with E-state index < -0.39 is 18.0 Å². The highest BCUT2D eigenvalue weighted by Crippen LogP contribution is 2.33. The van der Waals surface area contributed by atoms with Crippen LogP contribution in [0, 0.1) is 0 Å². The molecule has 2 aliphatic rings. The zero-order valence-corrected chi connectivity index (χ0v) is 17.2. The van der Waals surface area contributed by atoms with E-state index in [1.807, 2.05) is 6.07 Å². The summed E-state index contributed by atoms with van der Waals surface area (Å²) in [4.78, 5) is 25.0. The molecule has 166 valence electrons. The molecule has 0 bridgehead atoms. The third-order valence-electron chi connectivity index (χ3n) is 4.91. The highest BCUT2D eigenvalue weighted by molar-refractivity contribution is 5.94. The molecule has 3 aromatic rings. The van der Waals surface area contributed by atoms with Crippen LogP contribution in [0.15, 0.2) is 71.8 Å². The Morgan fingerprint density at radius 2 is 1.67 bits per heavy atom. The molecule has 9 heteroatoms. The summed E-state index contributed by atoms with van der Waals surface area (Å²) in [6.45, 7) is 0.186. The second kappa shape index (κ2) is 8.91. The number of para-hydroxylation sites is 3. The van der Waals surface area contributed by atoms with Crippen molar-refractivity contribution in [3.05, 3.63) is 77.9 Å². The molecule has 1 atom stereocenters. The van der Waals surface area contributed by atoms with Crippen molar-refractivity contribution < 1.29 is 33.3 Å². The predicted molar refractivity (Wildman–Crippen MR) is 116 cm³/mol. The van der Waals surface area contributed by atoms with Crippen molar-refractivity contribution in [2.75, 3.05) is 13.4 Å². The Hall–Kier alpha value is -4.53. The van der Waals surface area contributed by atoms with Crippen LogP contribution in [0.5, 0.6) is 28.7 Å². The van der Waals surface area contributed by atoms with E-state index in [1.54, 1.807) is 60.7 Å². The van der Waals surface area contributed by atoms with Gasteiger partial charge in [0.25, 0.3) is 5.91 Å². The van der Waals surface area contributed by atoms with Gasteiger partial charge in [0.1, 0.15) is 12.4 Å². The van der Waals surface area contributed by atoms with E-state index in [9.17, 15) is 9.59 Å². The lowest BCUT2D eigenvalue weighted by Gasteiger charge is -2.24. The summed E-state index contributed by atoms with van der Waals surface area (Å²) < 4.78 is 27.3. The van der Waals surface area contributed by atoms with Gasteiger partial charge in [0.2, 0.25) is 12.9 Å². The van der Waals surface area contributed by atoms with Gasteiger partial charge >= 0.3 is 5.97 Å². The molecule has 0 fully saturated rings. The first-order valence-electron chi connectivity index (χ1n) is 10.1. The van der Waals surface area contributed by atoms with Crippen molar-refractivity contribution in [2.24, 2.45) is 5.10 Å². The molecule has 1 N–H and O–H groups in total. The van der Waals surface area contributed by atoms with Crippen LogP contribution < -0.4 is 29.1 Å². The van der Waals surface area contributed by atoms with E-state index in [1.165, 1.54) is 6.21 Å². The zero-order chi connectivity index (χ0) is 22.6. The van der Waals surface area contributed by atoms with Gasteiger partial charge < -0.3 is 23.7 Å². The van der Waals surface area contributed by atoms with Crippen LogP contribution in [0.1, 0.15) is 15.9 Å². The largest absolute Gasteiger partial charge is 0.485 e. The molecule has 0 spiro atoms. The van der Waals surface area contributed by atoms with E-state index >= 15 is 0 Å². The van der Waals surface area contributed by atoms with Gasteiger partial charge in [0.05, 0.1) is 11.8 Å². The van der Waals surface area contributed by atoms with Crippen LogP contribution in [-0.2, 0) is 4.79 Å². The summed E-state index contributed by atoms with van der Waals surface area (Å²) in [5, 5.41) is 3.97. The summed E-state index contributed by atoms with van der Waals surface area (Å²) in [5.74, 6) is 1.39. The monoisotopic (exact) mass is 446 g/mol. The number of rotatable bonds is 5. The number of benzene rings is 3. The standard InChI is InChI=1S/C24H18N2O7/c27-23(22-13-29-18-7-3-4-8-20(18)32-22)26-25-12-16-5-1-2-6-17(16)33-24(28)15-9-10-19-21(11-15)31-14-30-19/h1-12,22H,13-14H2,(H,26,27)/b25-12+. The van der Waals surface area contributed by atoms with E-state index in [-0.39, 0.29) is 19.1 Å². The number of nitrogens with one attached hydrogen (secondary N) is 1. The van der Waals surface area contributed by atoms with Gasteiger partial charge in [-0.05, 0) is 42.5 Å². The minimum atomic E-state index is -0.837. The Morgan fingerprint density at radius 3 is 2.58 bits per heavy atom. The molecule has 0 radical (unpaired) electrons. The third kappa shape index (κ3) is 4.42. The maximum Gasteiger partial charge on any atom is 0.343 e. The lowest BCUT2D eigenvalue weighted by molar-refractivity contribution is -0.130. The second-order valence-corrected chi connectivity index (χ2v) is 7.09. The van der Waals surface area contributed by atoms with Crippen molar-refractivity contribution in [1.29, 1.82) is 0 Å². The van der Waals surface area contributed by atoms with E-state index in [0.717, 1.165) is 0 Å². The number of hydrazone groups is 1. The molecule has 0 aliphatic carbocycles.